The third-order valence-corrected chi connectivity index (χ3v) is 6.20. The molecule has 27 heavy (non-hydrogen) atoms. The van der Waals surface area contributed by atoms with Gasteiger partial charge in [-0.1, -0.05) is 18.6 Å². The zero-order valence-corrected chi connectivity index (χ0v) is 15.9. The van der Waals surface area contributed by atoms with E-state index in [0.29, 0.717) is 19.6 Å². The Morgan fingerprint density at radius 2 is 2.07 bits per heavy atom. The van der Waals surface area contributed by atoms with Gasteiger partial charge in [0.1, 0.15) is 5.82 Å². The van der Waals surface area contributed by atoms with E-state index in [1.165, 1.54) is 31.4 Å². The maximum atomic E-state index is 13.3. The van der Waals surface area contributed by atoms with Crippen LogP contribution in [0.15, 0.2) is 24.3 Å². The van der Waals surface area contributed by atoms with Crippen molar-refractivity contribution in [3.05, 3.63) is 35.6 Å². The van der Waals surface area contributed by atoms with Gasteiger partial charge >= 0.3 is 0 Å². The Labute approximate surface area is 160 Å². The third kappa shape index (κ3) is 4.68. The van der Waals surface area contributed by atoms with E-state index in [0.717, 1.165) is 44.2 Å². The van der Waals surface area contributed by atoms with Crippen LogP contribution in [-0.2, 0) is 16.1 Å². The third-order valence-electron chi connectivity index (χ3n) is 6.20. The summed E-state index contributed by atoms with van der Waals surface area (Å²) in [4.78, 5) is 17.5. The van der Waals surface area contributed by atoms with E-state index < -0.39 is 0 Å². The van der Waals surface area contributed by atoms with Crippen LogP contribution in [0.25, 0.3) is 0 Å². The van der Waals surface area contributed by atoms with Crippen molar-refractivity contribution < 1.29 is 13.9 Å². The number of halogens is 1. The van der Waals surface area contributed by atoms with E-state index in [1.807, 2.05) is 11.0 Å². The standard InChI is InChI=1S/C21H30FN3O2/c22-17-5-1-4-16(12-17)15-27-19-13-20(23-14-19)21(26)25-9-3-8-24(10-11-25)18-6-2-7-18/h1,4-5,12,18-20,23H,2-3,6-11,13-15H2/t19-,20-/m1/s1. The molecule has 5 nitrogen and oxygen atoms in total. The highest BCUT2D eigenvalue weighted by molar-refractivity contribution is 5.82. The molecule has 0 bridgehead atoms. The van der Waals surface area contributed by atoms with Gasteiger partial charge in [-0.05, 0) is 43.4 Å². The maximum Gasteiger partial charge on any atom is 0.239 e. The van der Waals surface area contributed by atoms with Crippen molar-refractivity contribution in [3.8, 4) is 0 Å². The number of benzene rings is 1. The summed E-state index contributed by atoms with van der Waals surface area (Å²) in [6, 6.07) is 7.08. The first-order valence-corrected chi connectivity index (χ1v) is 10.3. The van der Waals surface area contributed by atoms with E-state index in [2.05, 4.69) is 10.2 Å². The van der Waals surface area contributed by atoms with Gasteiger partial charge in [-0.15, -0.1) is 0 Å². The predicted molar refractivity (Wildman–Crippen MR) is 102 cm³/mol. The highest BCUT2D eigenvalue weighted by Crippen LogP contribution is 2.26. The van der Waals surface area contributed by atoms with Crippen molar-refractivity contribution in [2.24, 2.45) is 0 Å². The molecular weight excluding hydrogens is 345 g/mol. The van der Waals surface area contributed by atoms with Crippen molar-refractivity contribution in [3.63, 3.8) is 0 Å². The van der Waals surface area contributed by atoms with Gasteiger partial charge in [0.05, 0.1) is 18.8 Å². The van der Waals surface area contributed by atoms with Crippen LogP contribution in [0.2, 0.25) is 0 Å². The molecule has 3 aliphatic rings. The first-order valence-electron chi connectivity index (χ1n) is 10.3. The average molecular weight is 375 g/mol. The predicted octanol–water partition coefficient (Wildman–Crippen LogP) is 2.16. The van der Waals surface area contributed by atoms with Crippen LogP contribution >= 0.6 is 0 Å². The molecule has 4 rings (SSSR count). The number of ether oxygens (including phenoxy) is 1. The van der Waals surface area contributed by atoms with Gasteiger partial charge in [0.15, 0.2) is 0 Å². The lowest BCUT2D eigenvalue weighted by Gasteiger charge is -2.36. The van der Waals surface area contributed by atoms with E-state index in [1.54, 1.807) is 6.07 Å². The van der Waals surface area contributed by atoms with Gasteiger partial charge in [-0.2, -0.15) is 0 Å². The lowest BCUT2D eigenvalue weighted by Crippen LogP contribution is -2.46. The highest BCUT2D eigenvalue weighted by atomic mass is 19.1. The summed E-state index contributed by atoms with van der Waals surface area (Å²) in [7, 11) is 0. The second-order valence-electron chi connectivity index (χ2n) is 8.06. The van der Waals surface area contributed by atoms with Crippen molar-refractivity contribution in [1.82, 2.24) is 15.1 Å². The monoisotopic (exact) mass is 375 g/mol. The van der Waals surface area contributed by atoms with E-state index in [9.17, 15) is 9.18 Å². The Balaban J connectivity index is 1.23. The SMILES string of the molecule is O=C([C@H]1C[C@@H](OCc2cccc(F)c2)CN1)N1CCCN(C2CCC2)CC1. The lowest BCUT2D eigenvalue weighted by atomic mass is 9.91. The molecule has 1 amide bonds. The van der Waals surface area contributed by atoms with Crippen LogP contribution in [0.1, 0.15) is 37.7 Å². The Hall–Kier alpha value is -1.50. The molecule has 1 aliphatic carbocycles. The summed E-state index contributed by atoms with van der Waals surface area (Å²) in [5.74, 6) is -0.0341. The molecule has 1 aromatic carbocycles. The number of carbonyl (C=O) groups is 1. The molecular formula is C21H30FN3O2. The number of hydrogen-bond acceptors (Lipinski definition) is 4. The minimum atomic E-state index is -0.245. The summed E-state index contributed by atoms with van der Waals surface area (Å²) >= 11 is 0. The summed E-state index contributed by atoms with van der Waals surface area (Å²) in [6.07, 6.45) is 5.75. The molecule has 1 aromatic rings. The quantitative estimate of drug-likeness (QED) is 0.857. The van der Waals surface area contributed by atoms with Gasteiger partial charge in [0.25, 0.3) is 0 Å². The van der Waals surface area contributed by atoms with Gasteiger partial charge in [-0.3, -0.25) is 9.69 Å². The number of hydrogen-bond donors (Lipinski definition) is 1. The number of amides is 1. The van der Waals surface area contributed by atoms with E-state index in [4.69, 9.17) is 4.74 Å². The summed E-state index contributed by atoms with van der Waals surface area (Å²) < 4.78 is 19.2. The Morgan fingerprint density at radius 3 is 2.85 bits per heavy atom. The van der Waals surface area contributed by atoms with Crippen LogP contribution in [0.5, 0.6) is 0 Å². The van der Waals surface area contributed by atoms with Crippen LogP contribution in [0.4, 0.5) is 4.39 Å². The fourth-order valence-corrected chi connectivity index (χ4v) is 4.35. The maximum absolute atomic E-state index is 13.3. The van der Waals surface area contributed by atoms with Crippen LogP contribution in [0, 0.1) is 5.82 Å². The fourth-order valence-electron chi connectivity index (χ4n) is 4.35. The molecule has 0 aromatic heterocycles. The molecule has 2 atom stereocenters. The molecule has 0 unspecified atom stereocenters. The number of nitrogens with one attached hydrogen (secondary N) is 1. The molecule has 0 spiro atoms. The molecule has 1 N–H and O–H groups in total. The zero-order chi connectivity index (χ0) is 18.6. The zero-order valence-electron chi connectivity index (χ0n) is 15.9. The summed E-state index contributed by atoms with van der Waals surface area (Å²) in [5, 5.41) is 3.32. The Morgan fingerprint density at radius 1 is 1.19 bits per heavy atom. The fraction of sp³-hybridized carbons (Fsp3) is 0.667. The molecule has 3 fully saturated rings. The normalized spacial score (nSPS) is 27.4. The molecule has 6 heteroatoms. The summed E-state index contributed by atoms with van der Waals surface area (Å²) in [6.45, 7) is 4.87. The van der Waals surface area contributed by atoms with E-state index in [-0.39, 0.29) is 23.9 Å². The van der Waals surface area contributed by atoms with Crippen LogP contribution in [0.3, 0.4) is 0 Å². The van der Waals surface area contributed by atoms with E-state index >= 15 is 0 Å². The minimum Gasteiger partial charge on any atom is -0.372 e. The minimum absolute atomic E-state index is 0.000621. The van der Waals surface area contributed by atoms with Crippen LogP contribution < -0.4 is 5.32 Å². The van der Waals surface area contributed by atoms with Crippen molar-refractivity contribution in [2.75, 3.05) is 32.7 Å². The van der Waals surface area contributed by atoms with Crippen LogP contribution in [-0.4, -0.2) is 66.6 Å². The topological polar surface area (TPSA) is 44.8 Å². The second kappa shape index (κ2) is 8.67. The highest BCUT2D eigenvalue weighted by Gasteiger charge is 2.34. The molecule has 0 radical (unpaired) electrons. The van der Waals surface area contributed by atoms with Crippen molar-refractivity contribution >= 4 is 5.91 Å². The van der Waals surface area contributed by atoms with Gasteiger partial charge in [-0.25, -0.2) is 4.39 Å². The average Bonchev–Trinajstić information content (AvgIpc) is 2.97. The number of carbonyl (C=O) groups excluding carboxylic acids is 1. The van der Waals surface area contributed by atoms with Crippen molar-refractivity contribution in [1.29, 1.82) is 0 Å². The van der Waals surface area contributed by atoms with Crippen molar-refractivity contribution in [2.45, 2.75) is 56.9 Å². The largest absolute Gasteiger partial charge is 0.372 e. The van der Waals surface area contributed by atoms with Gasteiger partial charge < -0.3 is 15.0 Å². The smallest absolute Gasteiger partial charge is 0.239 e. The Kier molecular flexibility index (Phi) is 6.05. The molecule has 1 saturated carbocycles. The first kappa shape index (κ1) is 18.8. The Bertz CT molecular complexity index is 652. The first-order chi connectivity index (χ1) is 13.2. The number of rotatable bonds is 5. The molecule has 2 saturated heterocycles. The molecule has 2 aliphatic heterocycles. The van der Waals surface area contributed by atoms with Gasteiger partial charge in [0.2, 0.25) is 5.91 Å². The number of nitrogens with zero attached hydrogens (tertiary/aromatic N) is 2. The molecule has 148 valence electrons. The molecule has 2 heterocycles. The lowest BCUT2D eigenvalue weighted by molar-refractivity contribution is -0.133. The summed E-state index contributed by atoms with van der Waals surface area (Å²) in [5.41, 5.74) is 0.827. The second-order valence-corrected chi connectivity index (χ2v) is 8.06. The van der Waals surface area contributed by atoms with Gasteiger partial charge in [0, 0.05) is 38.8 Å².